The number of ketones is 1. The molecule has 0 fully saturated rings. The average molecular weight is 204 g/mol. The maximum atomic E-state index is 11.6. The predicted octanol–water partition coefficient (Wildman–Crippen LogP) is 1.53. The van der Waals surface area contributed by atoms with E-state index in [0.29, 0.717) is 11.3 Å². The van der Waals surface area contributed by atoms with E-state index < -0.39 is 0 Å². The highest BCUT2D eigenvalue weighted by Crippen LogP contribution is 2.17. The van der Waals surface area contributed by atoms with Gasteiger partial charge in [0.25, 0.3) is 0 Å². The van der Waals surface area contributed by atoms with Crippen molar-refractivity contribution in [1.82, 2.24) is 0 Å². The molecule has 1 aromatic rings. The number of Topliss-reactive ketones (excluding diaryl/α,β-unsaturated/α-hetero) is 1. The number of ether oxygens (including phenoxy) is 2. The second-order valence-electron chi connectivity index (χ2n) is 2.76. The number of methoxy groups -OCH3 is 2. The van der Waals surface area contributed by atoms with Crippen LogP contribution in [0.4, 0.5) is 0 Å². The van der Waals surface area contributed by atoms with E-state index in [2.05, 4.69) is 11.8 Å². The van der Waals surface area contributed by atoms with E-state index in [1.54, 1.807) is 24.3 Å². The van der Waals surface area contributed by atoms with E-state index in [1.807, 2.05) is 0 Å². The number of hydrogen-bond donors (Lipinski definition) is 0. The van der Waals surface area contributed by atoms with Crippen LogP contribution >= 0.6 is 0 Å². The summed E-state index contributed by atoms with van der Waals surface area (Å²) in [5, 5.41) is 0. The first kappa shape index (κ1) is 11.3. The van der Waals surface area contributed by atoms with E-state index in [9.17, 15) is 4.79 Å². The minimum Gasteiger partial charge on any atom is -0.496 e. The molecule has 0 amide bonds. The van der Waals surface area contributed by atoms with Crippen molar-refractivity contribution in [2.45, 2.75) is 0 Å². The second-order valence-corrected chi connectivity index (χ2v) is 2.76. The van der Waals surface area contributed by atoms with Gasteiger partial charge in [-0.15, -0.1) is 0 Å². The third-order valence-electron chi connectivity index (χ3n) is 1.77. The molecule has 0 saturated heterocycles. The van der Waals surface area contributed by atoms with Gasteiger partial charge in [0, 0.05) is 7.11 Å². The summed E-state index contributed by atoms with van der Waals surface area (Å²) >= 11 is 0. The van der Waals surface area contributed by atoms with Crippen LogP contribution in [0.3, 0.4) is 0 Å². The second kappa shape index (κ2) is 5.84. The summed E-state index contributed by atoms with van der Waals surface area (Å²) in [5.74, 6) is 5.36. The molecule has 78 valence electrons. The molecule has 3 nitrogen and oxygen atoms in total. The molecular formula is C12H12O3. The lowest BCUT2D eigenvalue weighted by atomic mass is 10.1. The van der Waals surface area contributed by atoms with Crippen LogP contribution in [0.25, 0.3) is 0 Å². The molecule has 0 saturated carbocycles. The van der Waals surface area contributed by atoms with Gasteiger partial charge in [0.15, 0.2) is 0 Å². The molecule has 0 aliphatic heterocycles. The zero-order chi connectivity index (χ0) is 11.1. The van der Waals surface area contributed by atoms with Gasteiger partial charge < -0.3 is 9.47 Å². The molecule has 1 rings (SSSR count). The Morgan fingerprint density at radius 1 is 1.33 bits per heavy atom. The van der Waals surface area contributed by atoms with Gasteiger partial charge in [0.2, 0.25) is 5.78 Å². The maximum Gasteiger partial charge on any atom is 0.239 e. The van der Waals surface area contributed by atoms with Gasteiger partial charge in [-0.2, -0.15) is 0 Å². The minimum absolute atomic E-state index is 0.251. The zero-order valence-electron chi connectivity index (χ0n) is 8.74. The fraction of sp³-hybridized carbons (Fsp3) is 0.250. The van der Waals surface area contributed by atoms with Crippen LogP contribution in [0.2, 0.25) is 0 Å². The van der Waals surface area contributed by atoms with Crippen molar-refractivity contribution in [2.75, 3.05) is 20.8 Å². The quantitative estimate of drug-likeness (QED) is 0.425. The average Bonchev–Trinajstić information content (AvgIpc) is 2.29. The molecule has 0 aliphatic rings. The van der Waals surface area contributed by atoms with Crippen molar-refractivity contribution in [3.8, 4) is 17.6 Å². The van der Waals surface area contributed by atoms with Crippen molar-refractivity contribution >= 4 is 5.78 Å². The van der Waals surface area contributed by atoms with E-state index >= 15 is 0 Å². The largest absolute Gasteiger partial charge is 0.496 e. The summed E-state index contributed by atoms with van der Waals surface area (Å²) in [6.45, 7) is 0.251. The number of carbonyl (C=O) groups excluding carboxylic acids is 1. The molecule has 0 atom stereocenters. The summed E-state index contributed by atoms with van der Waals surface area (Å²) in [4.78, 5) is 11.6. The van der Waals surface area contributed by atoms with Crippen LogP contribution in [-0.2, 0) is 4.74 Å². The van der Waals surface area contributed by atoms with Crippen LogP contribution in [0.5, 0.6) is 5.75 Å². The first-order chi connectivity index (χ1) is 7.29. The summed E-state index contributed by atoms with van der Waals surface area (Å²) in [5.41, 5.74) is 0.476. The molecule has 0 radical (unpaired) electrons. The Morgan fingerprint density at radius 3 is 2.73 bits per heavy atom. The van der Waals surface area contributed by atoms with Crippen LogP contribution in [0, 0.1) is 11.8 Å². The fourth-order valence-electron chi connectivity index (χ4n) is 1.09. The number of benzene rings is 1. The normalized spacial score (nSPS) is 8.93. The molecule has 1 aromatic carbocycles. The van der Waals surface area contributed by atoms with Crippen molar-refractivity contribution in [3.63, 3.8) is 0 Å². The number of hydrogen-bond acceptors (Lipinski definition) is 3. The first-order valence-electron chi connectivity index (χ1n) is 4.44. The molecule has 0 aliphatic carbocycles. The monoisotopic (exact) mass is 204 g/mol. The molecule has 0 N–H and O–H groups in total. The van der Waals surface area contributed by atoms with Gasteiger partial charge in [-0.25, -0.2) is 0 Å². The summed E-state index contributed by atoms with van der Waals surface area (Å²) < 4.78 is 9.78. The van der Waals surface area contributed by atoms with Gasteiger partial charge in [0.05, 0.1) is 12.7 Å². The standard InChI is InChI=1S/C12H12O3/c1-14-9-5-7-11(13)10-6-3-4-8-12(10)15-2/h3-4,6,8H,9H2,1-2H3. The first-order valence-corrected chi connectivity index (χ1v) is 4.44. The van der Waals surface area contributed by atoms with Crippen molar-refractivity contribution in [1.29, 1.82) is 0 Å². The Morgan fingerprint density at radius 2 is 2.07 bits per heavy atom. The fourth-order valence-corrected chi connectivity index (χ4v) is 1.09. The molecule has 3 heteroatoms. The molecule has 0 heterocycles. The Hall–Kier alpha value is -1.79. The lowest BCUT2D eigenvalue weighted by Crippen LogP contribution is -1.99. The molecule has 15 heavy (non-hydrogen) atoms. The van der Waals surface area contributed by atoms with Gasteiger partial charge in [-0.05, 0) is 18.1 Å². The SMILES string of the molecule is COCC#CC(=O)c1ccccc1OC. The molecule has 0 aromatic heterocycles. The smallest absolute Gasteiger partial charge is 0.239 e. The van der Waals surface area contributed by atoms with Crippen LogP contribution in [0.15, 0.2) is 24.3 Å². The molecule has 0 spiro atoms. The maximum absolute atomic E-state index is 11.6. The Bertz CT molecular complexity index is 399. The summed E-state index contributed by atoms with van der Waals surface area (Å²) in [6, 6.07) is 6.99. The minimum atomic E-state index is -0.260. The van der Waals surface area contributed by atoms with Crippen molar-refractivity contribution < 1.29 is 14.3 Å². The van der Waals surface area contributed by atoms with Gasteiger partial charge in [-0.3, -0.25) is 4.79 Å². The number of rotatable bonds is 3. The zero-order valence-corrected chi connectivity index (χ0v) is 8.74. The van der Waals surface area contributed by atoms with Gasteiger partial charge >= 0.3 is 0 Å². The van der Waals surface area contributed by atoms with Crippen molar-refractivity contribution in [2.24, 2.45) is 0 Å². The van der Waals surface area contributed by atoms with Gasteiger partial charge in [-0.1, -0.05) is 18.1 Å². The van der Waals surface area contributed by atoms with Crippen LogP contribution < -0.4 is 4.74 Å². The Balaban J connectivity index is 2.87. The Labute approximate surface area is 89.0 Å². The third kappa shape index (κ3) is 3.12. The number of para-hydroxylation sites is 1. The molecule has 0 bridgehead atoms. The number of carbonyl (C=O) groups is 1. The Kier molecular flexibility index (Phi) is 4.39. The lowest BCUT2D eigenvalue weighted by molar-refractivity contribution is 0.105. The third-order valence-corrected chi connectivity index (χ3v) is 1.77. The molecular weight excluding hydrogens is 192 g/mol. The summed E-state index contributed by atoms with van der Waals surface area (Å²) in [6.07, 6.45) is 0. The topological polar surface area (TPSA) is 35.5 Å². The highest BCUT2D eigenvalue weighted by atomic mass is 16.5. The van der Waals surface area contributed by atoms with E-state index in [1.165, 1.54) is 14.2 Å². The predicted molar refractivity (Wildman–Crippen MR) is 57.0 cm³/mol. The van der Waals surface area contributed by atoms with E-state index in [0.717, 1.165) is 0 Å². The van der Waals surface area contributed by atoms with Crippen LogP contribution in [-0.4, -0.2) is 26.6 Å². The van der Waals surface area contributed by atoms with Crippen LogP contribution in [0.1, 0.15) is 10.4 Å². The summed E-state index contributed by atoms with van der Waals surface area (Å²) in [7, 11) is 3.05. The van der Waals surface area contributed by atoms with Crippen molar-refractivity contribution in [3.05, 3.63) is 29.8 Å². The van der Waals surface area contributed by atoms with E-state index in [4.69, 9.17) is 9.47 Å². The highest BCUT2D eigenvalue weighted by Gasteiger charge is 2.07. The lowest BCUT2D eigenvalue weighted by Gasteiger charge is -2.02. The van der Waals surface area contributed by atoms with Gasteiger partial charge in [0.1, 0.15) is 12.4 Å². The highest BCUT2D eigenvalue weighted by molar-refractivity contribution is 6.10. The van der Waals surface area contributed by atoms with E-state index in [-0.39, 0.29) is 12.4 Å². The molecule has 0 unspecified atom stereocenters.